The van der Waals surface area contributed by atoms with E-state index in [9.17, 15) is 21.6 Å². The summed E-state index contributed by atoms with van der Waals surface area (Å²) in [4.78, 5) is 12.4. The third-order valence-corrected chi connectivity index (χ3v) is 7.54. The quantitative estimate of drug-likeness (QED) is 0.719. The molecule has 0 atom stereocenters. The fourth-order valence-electron chi connectivity index (χ4n) is 2.69. The van der Waals surface area contributed by atoms with E-state index in [1.165, 1.54) is 24.3 Å². The zero-order valence-corrected chi connectivity index (χ0v) is 16.3. The summed E-state index contributed by atoms with van der Waals surface area (Å²) in [5.74, 6) is -0.779. The number of benzene rings is 1. The fourth-order valence-corrected chi connectivity index (χ4v) is 5.87. The second kappa shape index (κ2) is 7.05. The molecular formula is C16H24N2O5S2. The average molecular weight is 389 g/mol. The molecule has 1 aromatic carbocycles. The van der Waals surface area contributed by atoms with Crippen LogP contribution in [0, 0.1) is 5.41 Å². The summed E-state index contributed by atoms with van der Waals surface area (Å²) in [6.07, 6.45) is 2.68. The Morgan fingerprint density at radius 3 is 2.24 bits per heavy atom. The lowest BCUT2D eigenvalue weighted by atomic mass is 9.95. The first-order valence-corrected chi connectivity index (χ1v) is 11.3. The molecule has 2 rings (SSSR count). The smallest absolute Gasteiger partial charge is 0.247 e. The van der Waals surface area contributed by atoms with E-state index < -0.39 is 31.4 Å². The molecule has 0 unspecified atom stereocenters. The minimum absolute atomic E-state index is 0.0380. The highest BCUT2D eigenvalue weighted by molar-refractivity contribution is 7.94. The van der Waals surface area contributed by atoms with Crippen LogP contribution in [0.5, 0.6) is 0 Å². The Morgan fingerprint density at radius 2 is 1.76 bits per heavy atom. The lowest BCUT2D eigenvalue weighted by molar-refractivity contribution is -0.123. The second-order valence-electron chi connectivity index (χ2n) is 6.81. The van der Waals surface area contributed by atoms with Crippen molar-refractivity contribution in [1.29, 1.82) is 0 Å². The van der Waals surface area contributed by atoms with Crippen molar-refractivity contribution in [1.82, 2.24) is 4.72 Å². The van der Waals surface area contributed by atoms with Gasteiger partial charge in [0.1, 0.15) is 0 Å². The number of carbonyl (C=O) groups is 1. The molecule has 9 heteroatoms. The molecule has 1 amide bonds. The molecule has 1 saturated heterocycles. The topological polar surface area (TPSA) is 101 Å². The van der Waals surface area contributed by atoms with Crippen LogP contribution in [0.4, 0.5) is 5.69 Å². The maximum atomic E-state index is 12.3. The molecule has 0 aromatic heterocycles. The van der Waals surface area contributed by atoms with E-state index in [1.54, 1.807) is 13.8 Å². The number of nitrogens with one attached hydrogen (secondary N) is 1. The molecule has 0 radical (unpaired) electrons. The SMILES string of the molecule is CCCCCNS(=O)(=O)c1ccc(N2C(=O)C(C)(C)CS2(=O)=O)cc1. The molecule has 25 heavy (non-hydrogen) atoms. The number of sulfonamides is 2. The molecule has 0 saturated carbocycles. The van der Waals surface area contributed by atoms with Gasteiger partial charge in [-0.25, -0.2) is 25.9 Å². The molecule has 140 valence electrons. The first kappa shape index (κ1) is 19.9. The number of hydrogen-bond acceptors (Lipinski definition) is 5. The van der Waals surface area contributed by atoms with Crippen LogP contribution in [0.15, 0.2) is 29.2 Å². The van der Waals surface area contributed by atoms with Crippen molar-refractivity contribution in [3.05, 3.63) is 24.3 Å². The van der Waals surface area contributed by atoms with Gasteiger partial charge in [0.2, 0.25) is 26.0 Å². The Morgan fingerprint density at radius 1 is 1.16 bits per heavy atom. The van der Waals surface area contributed by atoms with E-state index in [-0.39, 0.29) is 16.3 Å². The highest BCUT2D eigenvalue weighted by Gasteiger charge is 2.49. The van der Waals surface area contributed by atoms with E-state index in [1.807, 2.05) is 6.92 Å². The molecule has 1 aliphatic heterocycles. The van der Waals surface area contributed by atoms with Crippen LogP contribution in [-0.4, -0.2) is 35.0 Å². The molecule has 1 N–H and O–H groups in total. The van der Waals surface area contributed by atoms with Gasteiger partial charge in [0.15, 0.2) is 0 Å². The van der Waals surface area contributed by atoms with Gasteiger partial charge in [0, 0.05) is 6.54 Å². The van der Waals surface area contributed by atoms with E-state index in [0.717, 1.165) is 23.6 Å². The molecule has 1 fully saturated rings. The van der Waals surface area contributed by atoms with Crippen LogP contribution in [0.2, 0.25) is 0 Å². The summed E-state index contributed by atoms with van der Waals surface area (Å²) in [6, 6.07) is 5.31. The molecule has 0 bridgehead atoms. The van der Waals surface area contributed by atoms with E-state index >= 15 is 0 Å². The van der Waals surface area contributed by atoms with Gasteiger partial charge in [-0.2, -0.15) is 0 Å². The van der Waals surface area contributed by atoms with Crippen molar-refractivity contribution in [2.24, 2.45) is 5.41 Å². The van der Waals surface area contributed by atoms with E-state index in [2.05, 4.69) is 4.72 Å². The minimum atomic E-state index is -3.75. The van der Waals surface area contributed by atoms with Gasteiger partial charge in [-0.3, -0.25) is 4.79 Å². The number of unbranched alkanes of at least 4 members (excludes halogenated alkanes) is 2. The van der Waals surface area contributed by atoms with Crippen molar-refractivity contribution in [2.75, 3.05) is 16.6 Å². The van der Waals surface area contributed by atoms with Crippen LogP contribution in [0.3, 0.4) is 0 Å². The van der Waals surface area contributed by atoms with Gasteiger partial charge >= 0.3 is 0 Å². The number of amides is 1. The van der Waals surface area contributed by atoms with E-state index in [4.69, 9.17) is 0 Å². The third kappa shape index (κ3) is 4.21. The standard InChI is InChI=1S/C16H24N2O5S2/c1-4-5-6-11-17-25(22,23)14-9-7-13(8-10-14)18-15(19)16(2,3)12-24(18,20)21/h7-10,17H,4-6,11-12H2,1-3H3. The summed E-state index contributed by atoms with van der Waals surface area (Å²) in [7, 11) is -7.40. The van der Waals surface area contributed by atoms with E-state index in [0.29, 0.717) is 6.54 Å². The first-order valence-electron chi connectivity index (χ1n) is 8.18. The van der Waals surface area contributed by atoms with Crippen molar-refractivity contribution >= 4 is 31.6 Å². The zero-order valence-electron chi connectivity index (χ0n) is 14.6. The molecular weight excluding hydrogens is 364 g/mol. The molecule has 1 aromatic rings. The number of carbonyl (C=O) groups excluding carboxylic acids is 1. The average Bonchev–Trinajstić information content (AvgIpc) is 2.67. The second-order valence-corrected chi connectivity index (χ2v) is 10.4. The predicted octanol–water partition coefficient (Wildman–Crippen LogP) is 1.86. The number of nitrogens with zero attached hydrogens (tertiary/aromatic N) is 1. The normalized spacial score (nSPS) is 19.3. The van der Waals surface area contributed by atoms with Crippen LogP contribution in [0.25, 0.3) is 0 Å². The number of hydrogen-bond donors (Lipinski definition) is 1. The van der Waals surface area contributed by atoms with Gasteiger partial charge in [-0.05, 0) is 44.5 Å². The van der Waals surface area contributed by atoms with Crippen molar-refractivity contribution < 1.29 is 21.6 Å². The largest absolute Gasteiger partial charge is 0.273 e. The molecule has 7 nitrogen and oxygen atoms in total. The third-order valence-electron chi connectivity index (χ3n) is 4.04. The summed E-state index contributed by atoms with van der Waals surface area (Å²) >= 11 is 0. The highest BCUT2D eigenvalue weighted by Crippen LogP contribution is 2.35. The Kier molecular flexibility index (Phi) is 5.60. The molecule has 0 spiro atoms. The molecule has 0 aliphatic carbocycles. The summed E-state index contributed by atoms with van der Waals surface area (Å²) in [5, 5.41) is 0. The van der Waals surface area contributed by atoms with Gasteiger partial charge in [-0.1, -0.05) is 19.8 Å². The maximum Gasteiger partial charge on any atom is 0.247 e. The highest BCUT2D eigenvalue weighted by atomic mass is 32.2. The minimum Gasteiger partial charge on any atom is -0.273 e. The number of rotatable bonds is 7. The Balaban J connectivity index is 2.21. The molecule has 1 aliphatic rings. The Hall–Kier alpha value is -1.45. The van der Waals surface area contributed by atoms with Gasteiger partial charge in [0.05, 0.1) is 21.8 Å². The fraction of sp³-hybridized carbons (Fsp3) is 0.562. The van der Waals surface area contributed by atoms with Crippen molar-refractivity contribution in [3.63, 3.8) is 0 Å². The van der Waals surface area contributed by atoms with Crippen molar-refractivity contribution in [2.45, 2.75) is 44.9 Å². The summed E-state index contributed by atoms with van der Waals surface area (Å²) in [5.41, 5.74) is -0.842. The lowest BCUT2D eigenvalue weighted by Crippen LogP contribution is -2.33. The zero-order chi connectivity index (χ0) is 18.9. The van der Waals surface area contributed by atoms with Gasteiger partial charge in [0.25, 0.3) is 0 Å². The molecule has 1 heterocycles. The summed E-state index contributed by atoms with van der Waals surface area (Å²) in [6.45, 7) is 5.53. The van der Waals surface area contributed by atoms with Gasteiger partial charge < -0.3 is 0 Å². The first-order chi connectivity index (χ1) is 11.5. The summed E-state index contributed by atoms with van der Waals surface area (Å²) < 4.78 is 52.2. The van der Waals surface area contributed by atoms with Crippen LogP contribution in [-0.2, 0) is 24.8 Å². The van der Waals surface area contributed by atoms with Crippen molar-refractivity contribution in [3.8, 4) is 0 Å². The Labute approximate surface area is 149 Å². The Bertz CT molecular complexity index is 843. The van der Waals surface area contributed by atoms with Crippen LogP contribution < -0.4 is 9.03 Å². The van der Waals surface area contributed by atoms with Gasteiger partial charge in [-0.15, -0.1) is 0 Å². The maximum absolute atomic E-state index is 12.3. The lowest BCUT2D eigenvalue weighted by Gasteiger charge is -2.17. The van der Waals surface area contributed by atoms with Crippen LogP contribution >= 0.6 is 0 Å². The number of anilines is 1. The van der Waals surface area contributed by atoms with Crippen LogP contribution in [0.1, 0.15) is 40.0 Å². The monoisotopic (exact) mass is 388 g/mol. The predicted molar refractivity (Wildman–Crippen MR) is 96.2 cm³/mol.